The van der Waals surface area contributed by atoms with Gasteiger partial charge in [0.25, 0.3) is 0 Å². The highest BCUT2D eigenvalue weighted by Gasteiger charge is 2.34. The summed E-state index contributed by atoms with van der Waals surface area (Å²) in [7, 11) is 0. The van der Waals surface area contributed by atoms with Crippen LogP contribution in [0.15, 0.2) is 30.5 Å². The van der Waals surface area contributed by atoms with Crippen LogP contribution in [-0.2, 0) is 20.7 Å². The summed E-state index contributed by atoms with van der Waals surface area (Å²) in [5, 5.41) is 4.29. The van der Waals surface area contributed by atoms with Gasteiger partial charge >= 0.3 is 0 Å². The maximum atomic E-state index is 12.4. The molecule has 1 aromatic heterocycles. The van der Waals surface area contributed by atoms with Crippen molar-refractivity contribution in [3.05, 3.63) is 36.0 Å². The Morgan fingerprint density at radius 1 is 1.17 bits per heavy atom. The van der Waals surface area contributed by atoms with E-state index >= 15 is 0 Å². The second-order valence-corrected chi connectivity index (χ2v) is 6.43. The van der Waals surface area contributed by atoms with Gasteiger partial charge in [0.2, 0.25) is 5.91 Å². The zero-order valence-corrected chi connectivity index (χ0v) is 13.1. The number of aromatic amines is 1. The molecule has 5 heteroatoms. The summed E-state index contributed by atoms with van der Waals surface area (Å²) in [6, 6.07) is 8.26. The van der Waals surface area contributed by atoms with Crippen molar-refractivity contribution in [1.29, 1.82) is 0 Å². The predicted octanol–water partition coefficient (Wildman–Crippen LogP) is 2.16. The fourth-order valence-electron chi connectivity index (χ4n) is 3.73. The molecule has 2 N–H and O–H groups in total. The Kier molecular flexibility index (Phi) is 4.06. The number of carbonyl (C=O) groups excluding carboxylic acids is 1. The molecular formula is C18H22N2O3. The van der Waals surface area contributed by atoms with Gasteiger partial charge in [-0.3, -0.25) is 4.79 Å². The van der Waals surface area contributed by atoms with E-state index in [9.17, 15) is 4.79 Å². The number of fused-ring (bicyclic) bond motifs is 2. The SMILES string of the molecule is O=C(Cc1c[nH]c2ccccc12)NC1CCC2OCCOC2C1. The molecule has 1 aliphatic carbocycles. The van der Waals surface area contributed by atoms with Gasteiger partial charge in [-0.25, -0.2) is 0 Å². The number of carbonyl (C=O) groups is 1. The van der Waals surface area contributed by atoms with Gasteiger partial charge in [0.15, 0.2) is 0 Å². The molecule has 122 valence electrons. The minimum Gasteiger partial charge on any atom is -0.373 e. The maximum absolute atomic E-state index is 12.4. The zero-order chi connectivity index (χ0) is 15.6. The molecule has 2 fully saturated rings. The molecule has 3 atom stereocenters. The highest BCUT2D eigenvalue weighted by molar-refractivity contribution is 5.88. The molecule has 1 saturated carbocycles. The van der Waals surface area contributed by atoms with Crippen LogP contribution in [0, 0.1) is 0 Å². The second kappa shape index (κ2) is 6.34. The van der Waals surface area contributed by atoms with E-state index in [1.165, 1.54) is 0 Å². The van der Waals surface area contributed by atoms with Crippen LogP contribution >= 0.6 is 0 Å². The number of benzene rings is 1. The van der Waals surface area contributed by atoms with Gasteiger partial charge in [-0.15, -0.1) is 0 Å². The van der Waals surface area contributed by atoms with E-state index in [1.54, 1.807) is 0 Å². The predicted molar refractivity (Wildman–Crippen MR) is 87.3 cm³/mol. The molecule has 3 unspecified atom stereocenters. The summed E-state index contributed by atoms with van der Waals surface area (Å²) in [6.45, 7) is 1.36. The summed E-state index contributed by atoms with van der Waals surface area (Å²) in [6.07, 6.45) is 5.46. The molecule has 5 nitrogen and oxygen atoms in total. The molecular weight excluding hydrogens is 292 g/mol. The summed E-state index contributed by atoms with van der Waals surface area (Å²) in [5.41, 5.74) is 2.12. The Morgan fingerprint density at radius 2 is 2.00 bits per heavy atom. The lowest BCUT2D eigenvalue weighted by Crippen LogP contribution is -2.49. The molecule has 1 aliphatic heterocycles. The van der Waals surface area contributed by atoms with E-state index in [4.69, 9.17) is 9.47 Å². The van der Waals surface area contributed by atoms with E-state index in [-0.39, 0.29) is 24.2 Å². The first kappa shape index (κ1) is 14.7. The van der Waals surface area contributed by atoms with Crippen molar-refractivity contribution < 1.29 is 14.3 Å². The number of rotatable bonds is 3. The molecule has 2 aliphatic rings. The minimum atomic E-state index is 0.0786. The van der Waals surface area contributed by atoms with Crippen LogP contribution in [0.2, 0.25) is 0 Å². The van der Waals surface area contributed by atoms with Crippen LogP contribution < -0.4 is 5.32 Å². The van der Waals surface area contributed by atoms with Crippen LogP contribution in [0.5, 0.6) is 0 Å². The Hall–Kier alpha value is -1.85. The van der Waals surface area contributed by atoms with Crippen molar-refractivity contribution in [2.75, 3.05) is 13.2 Å². The highest BCUT2D eigenvalue weighted by atomic mass is 16.6. The van der Waals surface area contributed by atoms with Crippen LogP contribution in [0.25, 0.3) is 10.9 Å². The number of ether oxygens (including phenoxy) is 2. The quantitative estimate of drug-likeness (QED) is 0.912. The minimum absolute atomic E-state index is 0.0786. The first-order chi connectivity index (χ1) is 11.3. The monoisotopic (exact) mass is 314 g/mol. The Bertz CT molecular complexity index is 696. The number of nitrogens with one attached hydrogen (secondary N) is 2. The fraction of sp³-hybridized carbons (Fsp3) is 0.500. The Balaban J connectivity index is 1.36. The Morgan fingerprint density at radius 3 is 2.91 bits per heavy atom. The van der Waals surface area contributed by atoms with Crippen LogP contribution in [0.1, 0.15) is 24.8 Å². The topological polar surface area (TPSA) is 63.4 Å². The third-order valence-electron chi connectivity index (χ3n) is 4.87. The van der Waals surface area contributed by atoms with E-state index < -0.39 is 0 Å². The molecule has 23 heavy (non-hydrogen) atoms. The smallest absolute Gasteiger partial charge is 0.224 e. The number of aromatic nitrogens is 1. The van der Waals surface area contributed by atoms with Gasteiger partial charge in [-0.05, 0) is 30.9 Å². The number of H-pyrrole nitrogens is 1. The normalized spacial score (nSPS) is 27.6. The first-order valence-electron chi connectivity index (χ1n) is 8.37. The van der Waals surface area contributed by atoms with Gasteiger partial charge in [0.1, 0.15) is 0 Å². The lowest BCUT2D eigenvalue weighted by Gasteiger charge is -2.39. The van der Waals surface area contributed by atoms with Crippen molar-refractivity contribution in [2.45, 2.75) is 43.9 Å². The van der Waals surface area contributed by atoms with Gasteiger partial charge in [0.05, 0.1) is 31.8 Å². The molecule has 2 aromatic rings. The van der Waals surface area contributed by atoms with Gasteiger partial charge in [-0.1, -0.05) is 18.2 Å². The molecule has 4 rings (SSSR count). The van der Waals surface area contributed by atoms with Crippen molar-refractivity contribution >= 4 is 16.8 Å². The largest absolute Gasteiger partial charge is 0.373 e. The Labute approximate surface area is 135 Å². The highest BCUT2D eigenvalue weighted by Crippen LogP contribution is 2.27. The third kappa shape index (κ3) is 3.12. The maximum Gasteiger partial charge on any atom is 0.224 e. The van der Waals surface area contributed by atoms with Gasteiger partial charge < -0.3 is 19.8 Å². The van der Waals surface area contributed by atoms with E-state index in [2.05, 4.69) is 10.3 Å². The average Bonchev–Trinajstić information content (AvgIpc) is 2.98. The fourth-order valence-corrected chi connectivity index (χ4v) is 3.73. The molecule has 1 aromatic carbocycles. The number of amides is 1. The second-order valence-electron chi connectivity index (χ2n) is 6.43. The number of para-hydroxylation sites is 1. The molecule has 0 spiro atoms. The standard InChI is InChI=1S/C18H22N2O3/c21-18(9-12-11-19-15-4-2-1-3-14(12)15)20-13-5-6-16-17(10-13)23-8-7-22-16/h1-4,11,13,16-17,19H,5-10H2,(H,20,21). The van der Waals surface area contributed by atoms with Crippen LogP contribution in [0.3, 0.4) is 0 Å². The molecule has 1 saturated heterocycles. The van der Waals surface area contributed by atoms with E-state index in [1.807, 2.05) is 30.5 Å². The average molecular weight is 314 g/mol. The molecule has 2 heterocycles. The third-order valence-corrected chi connectivity index (χ3v) is 4.87. The van der Waals surface area contributed by atoms with E-state index in [0.717, 1.165) is 35.7 Å². The molecule has 1 amide bonds. The first-order valence-corrected chi connectivity index (χ1v) is 8.37. The lowest BCUT2D eigenvalue weighted by atomic mass is 9.89. The number of hydrogen-bond donors (Lipinski definition) is 2. The zero-order valence-electron chi connectivity index (χ0n) is 13.1. The summed E-state index contributed by atoms with van der Waals surface area (Å²) < 4.78 is 11.5. The molecule has 0 bridgehead atoms. The van der Waals surface area contributed by atoms with Crippen LogP contribution in [0.4, 0.5) is 0 Å². The molecule has 0 radical (unpaired) electrons. The van der Waals surface area contributed by atoms with Crippen molar-refractivity contribution in [1.82, 2.24) is 10.3 Å². The van der Waals surface area contributed by atoms with Crippen LogP contribution in [-0.4, -0.2) is 42.4 Å². The van der Waals surface area contributed by atoms with E-state index in [0.29, 0.717) is 19.6 Å². The summed E-state index contributed by atoms with van der Waals surface area (Å²) >= 11 is 0. The summed E-state index contributed by atoms with van der Waals surface area (Å²) in [4.78, 5) is 15.6. The summed E-state index contributed by atoms with van der Waals surface area (Å²) in [5.74, 6) is 0.0786. The van der Waals surface area contributed by atoms with Crippen molar-refractivity contribution in [3.8, 4) is 0 Å². The van der Waals surface area contributed by atoms with Gasteiger partial charge in [0, 0.05) is 23.1 Å². The van der Waals surface area contributed by atoms with Crippen molar-refractivity contribution in [3.63, 3.8) is 0 Å². The van der Waals surface area contributed by atoms with Gasteiger partial charge in [-0.2, -0.15) is 0 Å². The lowest BCUT2D eigenvalue weighted by molar-refractivity contribution is -0.158. The van der Waals surface area contributed by atoms with Crippen molar-refractivity contribution in [2.24, 2.45) is 0 Å². The number of hydrogen-bond acceptors (Lipinski definition) is 3.